The van der Waals surface area contributed by atoms with Gasteiger partial charge in [0.1, 0.15) is 17.4 Å². The number of halogens is 5. The van der Waals surface area contributed by atoms with Crippen molar-refractivity contribution in [2.75, 3.05) is 0 Å². The molecule has 0 aromatic heterocycles. The summed E-state index contributed by atoms with van der Waals surface area (Å²) < 4.78 is 64.1. The first-order chi connectivity index (χ1) is 9.71. The summed E-state index contributed by atoms with van der Waals surface area (Å²) in [5, 5.41) is 9.56. The SMILES string of the molecule is O=C(c1ccc(F)cc1F)c1cccc(C(F)(F)F)c1O. The van der Waals surface area contributed by atoms with E-state index in [-0.39, 0.29) is 0 Å². The Morgan fingerprint density at radius 2 is 1.67 bits per heavy atom. The summed E-state index contributed by atoms with van der Waals surface area (Å²) in [6, 6.07) is 4.45. The van der Waals surface area contributed by atoms with Crippen molar-refractivity contribution in [3.05, 3.63) is 64.7 Å². The van der Waals surface area contributed by atoms with Gasteiger partial charge in [-0.1, -0.05) is 6.07 Å². The van der Waals surface area contributed by atoms with Gasteiger partial charge < -0.3 is 5.11 Å². The molecule has 2 aromatic rings. The molecule has 0 fully saturated rings. The largest absolute Gasteiger partial charge is 0.507 e. The first kappa shape index (κ1) is 15.0. The number of benzene rings is 2. The van der Waals surface area contributed by atoms with Crippen LogP contribution in [0.4, 0.5) is 22.0 Å². The molecule has 21 heavy (non-hydrogen) atoms. The van der Waals surface area contributed by atoms with Crippen molar-refractivity contribution in [3.8, 4) is 5.75 Å². The van der Waals surface area contributed by atoms with Gasteiger partial charge in [-0.15, -0.1) is 0 Å². The third-order valence-electron chi connectivity index (χ3n) is 2.76. The van der Waals surface area contributed by atoms with Crippen LogP contribution in [0.3, 0.4) is 0 Å². The molecular formula is C14H7F5O2. The molecule has 0 aliphatic rings. The lowest BCUT2D eigenvalue weighted by Gasteiger charge is -2.12. The Morgan fingerprint density at radius 3 is 2.24 bits per heavy atom. The Hall–Kier alpha value is -2.44. The van der Waals surface area contributed by atoms with Gasteiger partial charge in [0.15, 0.2) is 5.78 Å². The van der Waals surface area contributed by atoms with Gasteiger partial charge in [0.25, 0.3) is 0 Å². The topological polar surface area (TPSA) is 37.3 Å². The summed E-state index contributed by atoms with van der Waals surface area (Å²) in [6.45, 7) is 0. The third-order valence-corrected chi connectivity index (χ3v) is 2.76. The molecule has 0 bridgehead atoms. The highest BCUT2D eigenvalue weighted by atomic mass is 19.4. The normalized spacial score (nSPS) is 11.5. The molecular weight excluding hydrogens is 295 g/mol. The summed E-state index contributed by atoms with van der Waals surface area (Å²) in [7, 11) is 0. The van der Waals surface area contributed by atoms with Gasteiger partial charge in [-0.05, 0) is 24.3 Å². The molecule has 0 aliphatic heterocycles. The second kappa shape index (κ2) is 5.16. The van der Waals surface area contributed by atoms with Crippen LogP contribution in [0.1, 0.15) is 21.5 Å². The van der Waals surface area contributed by atoms with Crippen LogP contribution in [-0.2, 0) is 6.18 Å². The van der Waals surface area contributed by atoms with E-state index >= 15 is 0 Å². The number of rotatable bonds is 2. The number of carbonyl (C=O) groups is 1. The van der Waals surface area contributed by atoms with Crippen LogP contribution < -0.4 is 0 Å². The van der Waals surface area contributed by atoms with Crippen molar-refractivity contribution in [2.45, 2.75) is 6.18 Å². The Labute approximate surface area is 115 Å². The molecule has 0 saturated carbocycles. The summed E-state index contributed by atoms with van der Waals surface area (Å²) in [5.41, 5.74) is -2.75. The molecule has 0 atom stereocenters. The molecule has 0 unspecified atom stereocenters. The smallest absolute Gasteiger partial charge is 0.419 e. The number of hydrogen-bond acceptors (Lipinski definition) is 2. The van der Waals surface area contributed by atoms with E-state index in [2.05, 4.69) is 0 Å². The zero-order valence-corrected chi connectivity index (χ0v) is 10.2. The van der Waals surface area contributed by atoms with Gasteiger partial charge in [0.2, 0.25) is 0 Å². The fraction of sp³-hybridized carbons (Fsp3) is 0.0714. The van der Waals surface area contributed by atoms with Gasteiger partial charge in [-0.3, -0.25) is 4.79 Å². The van der Waals surface area contributed by atoms with E-state index in [9.17, 15) is 31.9 Å². The lowest BCUT2D eigenvalue weighted by molar-refractivity contribution is -0.138. The van der Waals surface area contributed by atoms with E-state index in [0.29, 0.717) is 12.1 Å². The number of ketones is 1. The average molecular weight is 302 g/mol. The highest BCUT2D eigenvalue weighted by Crippen LogP contribution is 2.38. The van der Waals surface area contributed by atoms with E-state index in [4.69, 9.17) is 0 Å². The first-order valence-electron chi connectivity index (χ1n) is 5.60. The highest BCUT2D eigenvalue weighted by molar-refractivity contribution is 6.11. The molecule has 0 radical (unpaired) electrons. The molecule has 0 heterocycles. The minimum Gasteiger partial charge on any atom is -0.507 e. The zero-order chi connectivity index (χ0) is 15.8. The summed E-state index contributed by atoms with van der Waals surface area (Å²) in [5.74, 6) is -4.62. The van der Waals surface area contributed by atoms with Crippen LogP contribution in [-0.4, -0.2) is 10.9 Å². The Balaban J connectivity index is 2.54. The molecule has 2 nitrogen and oxygen atoms in total. The van der Waals surface area contributed by atoms with Crippen molar-refractivity contribution in [1.29, 1.82) is 0 Å². The quantitative estimate of drug-likeness (QED) is 0.674. The van der Waals surface area contributed by atoms with Gasteiger partial charge in [-0.2, -0.15) is 13.2 Å². The van der Waals surface area contributed by atoms with E-state index in [1.165, 1.54) is 0 Å². The van der Waals surface area contributed by atoms with Gasteiger partial charge >= 0.3 is 6.18 Å². The molecule has 7 heteroatoms. The van der Waals surface area contributed by atoms with Crippen LogP contribution >= 0.6 is 0 Å². The van der Waals surface area contributed by atoms with Gasteiger partial charge in [0.05, 0.1) is 16.7 Å². The Kier molecular flexibility index (Phi) is 3.67. The van der Waals surface area contributed by atoms with Crippen LogP contribution in [0.25, 0.3) is 0 Å². The average Bonchev–Trinajstić information content (AvgIpc) is 2.37. The molecule has 1 N–H and O–H groups in total. The fourth-order valence-corrected chi connectivity index (χ4v) is 1.77. The van der Waals surface area contributed by atoms with E-state index in [1.807, 2.05) is 0 Å². The molecule has 2 rings (SSSR count). The molecule has 0 aliphatic carbocycles. The predicted molar refractivity (Wildman–Crippen MR) is 62.9 cm³/mol. The van der Waals surface area contributed by atoms with Gasteiger partial charge in [0, 0.05) is 6.07 Å². The minimum absolute atomic E-state index is 0.428. The Bertz CT molecular complexity index is 707. The number of phenolic OH excluding ortho intramolecular Hbond substituents is 1. The van der Waals surface area contributed by atoms with E-state index < -0.39 is 46.0 Å². The standard InChI is InChI=1S/C14H7F5O2/c15-7-4-5-8(11(16)6-7)12(20)9-2-1-3-10(13(9)21)14(17,18)19/h1-6,21H. The number of aromatic hydroxyl groups is 1. The monoisotopic (exact) mass is 302 g/mol. The maximum Gasteiger partial charge on any atom is 0.419 e. The van der Waals surface area contributed by atoms with Crippen LogP contribution in [0, 0.1) is 11.6 Å². The highest BCUT2D eigenvalue weighted by Gasteiger charge is 2.35. The number of alkyl halides is 3. The maximum atomic E-state index is 13.5. The van der Waals surface area contributed by atoms with Gasteiger partial charge in [-0.25, -0.2) is 8.78 Å². The summed E-state index contributed by atoms with van der Waals surface area (Å²) in [6.07, 6.45) is -4.86. The summed E-state index contributed by atoms with van der Waals surface area (Å²) in [4.78, 5) is 12.0. The zero-order valence-electron chi connectivity index (χ0n) is 10.2. The van der Waals surface area contributed by atoms with Crippen molar-refractivity contribution >= 4 is 5.78 Å². The third kappa shape index (κ3) is 2.86. The maximum absolute atomic E-state index is 13.5. The number of phenols is 1. The molecule has 0 saturated heterocycles. The Morgan fingerprint density at radius 1 is 1.00 bits per heavy atom. The fourth-order valence-electron chi connectivity index (χ4n) is 1.77. The number of para-hydroxylation sites is 1. The van der Waals surface area contributed by atoms with E-state index in [1.54, 1.807) is 0 Å². The van der Waals surface area contributed by atoms with Crippen molar-refractivity contribution in [2.24, 2.45) is 0 Å². The van der Waals surface area contributed by atoms with Crippen molar-refractivity contribution in [1.82, 2.24) is 0 Å². The van der Waals surface area contributed by atoms with Crippen molar-refractivity contribution in [3.63, 3.8) is 0 Å². The molecule has 0 spiro atoms. The van der Waals surface area contributed by atoms with E-state index in [0.717, 1.165) is 24.3 Å². The number of carbonyl (C=O) groups excluding carboxylic acids is 1. The second-order valence-electron chi connectivity index (χ2n) is 4.15. The summed E-state index contributed by atoms with van der Waals surface area (Å²) >= 11 is 0. The van der Waals surface area contributed by atoms with Crippen LogP contribution in [0.2, 0.25) is 0 Å². The van der Waals surface area contributed by atoms with Crippen LogP contribution in [0.5, 0.6) is 5.75 Å². The predicted octanol–water partition coefficient (Wildman–Crippen LogP) is 3.92. The molecule has 2 aromatic carbocycles. The number of hydrogen-bond donors (Lipinski definition) is 1. The lowest BCUT2D eigenvalue weighted by atomic mass is 9.99. The van der Waals surface area contributed by atoms with Crippen molar-refractivity contribution < 1.29 is 31.9 Å². The minimum atomic E-state index is -4.86. The first-order valence-corrected chi connectivity index (χ1v) is 5.60. The molecule has 110 valence electrons. The van der Waals surface area contributed by atoms with Crippen LogP contribution in [0.15, 0.2) is 36.4 Å². The second-order valence-corrected chi connectivity index (χ2v) is 4.15. The lowest BCUT2D eigenvalue weighted by Crippen LogP contribution is -2.10. The molecule has 0 amide bonds.